The molecule has 1 saturated carbocycles. The number of nitrogens with one attached hydrogen (secondary N) is 1. The van der Waals surface area contributed by atoms with Gasteiger partial charge in [-0.25, -0.2) is 0 Å². The van der Waals surface area contributed by atoms with Crippen LogP contribution in [0.5, 0.6) is 0 Å². The van der Waals surface area contributed by atoms with Crippen LogP contribution >= 0.6 is 0 Å². The van der Waals surface area contributed by atoms with Gasteiger partial charge in [-0.2, -0.15) is 5.26 Å². The van der Waals surface area contributed by atoms with Crippen LogP contribution < -0.4 is 4.72 Å². The maximum atomic E-state index is 12.3. The lowest BCUT2D eigenvalue weighted by Crippen LogP contribution is -2.42. The maximum absolute atomic E-state index is 12.3. The number of hydrogen-bond acceptors (Lipinski definition) is 3. The molecule has 0 amide bonds. The summed E-state index contributed by atoms with van der Waals surface area (Å²) in [7, 11) is 0. The minimum Gasteiger partial charge on any atom is -0.598 e. The first kappa shape index (κ1) is 14.4. The number of nitriles is 1. The van der Waals surface area contributed by atoms with Gasteiger partial charge in [0, 0.05) is 11.4 Å². The summed E-state index contributed by atoms with van der Waals surface area (Å²) in [6.45, 7) is 5.85. The first-order valence-corrected chi connectivity index (χ1v) is 7.71. The first-order chi connectivity index (χ1) is 8.93. The van der Waals surface area contributed by atoms with Gasteiger partial charge < -0.3 is 4.55 Å². The lowest BCUT2D eigenvalue weighted by atomic mass is 10.0. The molecule has 1 aliphatic carbocycles. The zero-order chi connectivity index (χ0) is 14.0. The van der Waals surface area contributed by atoms with E-state index in [1.54, 1.807) is 0 Å². The molecule has 0 saturated heterocycles. The predicted octanol–water partition coefficient (Wildman–Crippen LogP) is 2.94. The summed E-state index contributed by atoms with van der Waals surface area (Å²) < 4.78 is 15.2. The molecular weight excluding hydrogens is 256 g/mol. The summed E-state index contributed by atoms with van der Waals surface area (Å²) in [5.74, 6) is 0.369. The number of hydrogen-bond donors (Lipinski definition) is 1. The van der Waals surface area contributed by atoms with Crippen LogP contribution in [0.3, 0.4) is 0 Å². The Hall–Kier alpha value is -1.02. The van der Waals surface area contributed by atoms with Crippen molar-refractivity contribution in [1.29, 1.82) is 5.26 Å². The van der Waals surface area contributed by atoms with Crippen molar-refractivity contribution in [2.75, 3.05) is 0 Å². The largest absolute Gasteiger partial charge is 0.598 e. The molecule has 0 bridgehead atoms. The van der Waals surface area contributed by atoms with Crippen LogP contribution in [0.2, 0.25) is 0 Å². The maximum Gasteiger partial charge on any atom is 0.136 e. The third kappa shape index (κ3) is 3.50. The Morgan fingerprint density at radius 2 is 2.00 bits per heavy atom. The van der Waals surface area contributed by atoms with Gasteiger partial charge in [-0.15, -0.1) is 4.72 Å². The number of nitrogens with zero attached hydrogens (tertiary/aromatic N) is 1. The second-order valence-electron chi connectivity index (χ2n) is 6.02. The van der Waals surface area contributed by atoms with Crippen LogP contribution in [0.15, 0.2) is 30.3 Å². The van der Waals surface area contributed by atoms with E-state index in [9.17, 15) is 4.55 Å². The van der Waals surface area contributed by atoms with Crippen LogP contribution in [0, 0.1) is 23.2 Å². The molecule has 0 radical (unpaired) electrons. The number of benzene rings is 1. The zero-order valence-electron chi connectivity index (χ0n) is 11.6. The zero-order valence-corrected chi connectivity index (χ0v) is 12.4. The van der Waals surface area contributed by atoms with Crippen LogP contribution in [0.1, 0.15) is 38.8 Å². The van der Waals surface area contributed by atoms with E-state index in [2.05, 4.69) is 10.8 Å². The highest BCUT2D eigenvalue weighted by Crippen LogP contribution is 2.47. The molecular formula is C15H20N2OS. The molecule has 0 aliphatic heterocycles. The average Bonchev–Trinajstić information content (AvgIpc) is 3.14. The highest BCUT2D eigenvalue weighted by Gasteiger charge is 2.46. The van der Waals surface area contributed by atoms with Crippen molar-refractivity contribution in [3.8, 4) is 6.07 Å². The molecule has 0 spiro atoms. The second kappa shape index (κ2) is 5.54. The fraction of sp³-hybridized carbons (Fsp3) is 0.533. The predicted molar refractivity (Wildman–Crippen MR) is 77.4 cm³/mol. The minimum atomic E-state index is -1.12. The Bertz CT molecular complexity index is 463. The molecule has 19 heavy (non-hydrogen) atoms. The van der Waals surface area contributed by atoms with Gasteiger partial charge in [0.25, 0.3) is 0 Å². The van der Waals surface area contributed by atoms with Crippen molar-refractivity contribution in [1.82, 2.24) is 4.72 Å². The summed E-state index contributed by atoms with van der Waals surface area (Å²) in [6, 6.07) is 12.3. The second-order valence-corrected chi connectivity index (χ2v) is 8.02. The Morgan fingerprint density at radius 3 is 2.47 bits per heavy atom. The van der Waals surface area contributed by atoms with E-state index >= 15 is 0 Å². The Balaban J connectivity index is 2.15. The molecule has 102 valence electrons. The molecule has 1 aliphatic rings. The summed E-state index contributed by atoms with van der Waals surface area (Å²) in [4.78, 5) is 0. The van der Waals surface area contributed by atoms with Gasteiger partial charge in [0.05, 0.1) is 18.0 Å². The molecule has 4 heteroatoms. The summed E-state index contributed by atoms with van der Waals surface area (Å²) in [5.41, 5.74) is 1.11. The van der Waals surface area contributed by atoms with E-state index in [-0.39, 0.29) is 22.6 Å². The molecule has 1 fully saturated rings. The summed E-state index contributed by atoms with van der Waals surface area (Å²) in [6.07, 6.45) is 0.893. The highest BCUT2D eigenvalue weighted by atomic mass is 32.2. The minimum absolute atomic E-state index is 0.00547. The van der Waals surface area contributed by atoms with E-state index in [1.165, 1.54) is 0 Å². The third-order valence-corrected chi connectivity index (χ3v) is 4.96. The lowest BCUT2D eigenvalue weighted by molar-refractivity contribution is 0.498. The van der Waals surface area contributed by atoms with Crippen molar-refractivity contribution in [2.45, 2.75) is 38.0 Å². The van der Waals surface area contributed by atoms with Crippen LogP contribution in [-0.2, 0) is 11.4 Å². The summed E-state index contributed by atoms with van der Waals surface area (Å²) >= 11 is -1.12. The molecule has 0 aromatic heterocycles. The van der Waals surface area contributed by atoms with E-state index in [4.69, 9.17) is 5.26 Å². The highest BCUT2D eigenvalue weighted by molar-refractivity contribution is 7.90. The monoisotopic (exact) mass is 276 g/mol. The number of rotatable bonds is 4. The van der Waals surface area contributed by atoms with Gasteiger partial charge in [-0.3, -0.25) is 0 Å². The SMILES string of the molecule is CC(C)(C)[S+]([O-])NC(c1ccccc1)[C@@H]1C[C@H]1C#N. The van der Waals surface area contributed by atoms with Gasteiger partial charge in [-0.05, 0) is 38.7 Å². The molecule has 2 rings (SSSR count). The molecule has 3 nitrogen and oxygen atoms in total. The third-order valence-electron chi connectivity index (χ3n) is 3.38. The van der Waals surface area contributed by atoms with E-state index in [0.717, 1.165) is 12.0 Å². The fourth-order valence-electron chi connectivity index (χ4n) is 2.09. The van der Waals surface area contributed by atoms with Crippen LogP contribution in [0.25, 0.3) is 0 Å². The normalized spacial score (nSPS) is 25.4. The van der Waals surface area contributed by atoms with Gasteiger partial charge in [0.1, 0.15) is 4.75 Å². The smallest absolute Gasteiger partial charge is 0.136 e. The molecule has 1 N–H and O–H groups in total. The fourth-order valence-corrected chi connectivity index (χ4v) is 2.98. The van der Waals surface area contributed by atoms with Gasteiger partial charge in [0.15, 0.2) is 0 Å². The van der Waals surface area contributed by atoms with Gasteiger partial charge in [0.2, 0.25) is 0 Å². The average molecular weight is 276 g/mol. The van der Waals surface area contributed by atoms with Crippen LogP contribution in [-0.4, -0.2) is 9.30 Å². The lowest BCUT2D eigenvalue weighted by Gasteiger charge is -2.28. The van der Waals surface area contributed by atoms with Crippen LogP contribution in [0.4, 0.5) is 0 Å². The summed E-state index contributed by atoms with van der Waals surface area (Å²) in [5, 5.41) is 9.01. The van der Waals surface area contributed by atoms with Crippen molar-refractivity contribution >= 4 is 11.4 Å². The Kier molecular flexibility index (Phi) is 4.19. The molecule has 2 unspecified atom stereocenters. The Labute approximate surface area is 118 Å². The van der Waals surface area contributed by atoms with E-state index in [1.807, 2.05) is 51.1 Å². The van der Waals surface area contributed by atoms with Crippen molar-refractivity contribution in [2.24, 2.45) is 11.8 Å². The van der Waals surface area contributed by atoms with Crippen molar-refractivity contribution < 1.29 is 4.55 Å². The van der Waals surface area contributed by atoms with E-state index in [0.29, 0.717) is 0 Å². The van der Waals surface area contributed by atoms with Gasteiger partial charge in [-0.1, -0.05) is 30.3 Å². The first-order valence-electron chi connectivity index (χ1n) is 6.56. The molecule has 4 atom stereocenters. The van der Waals surface area contributed by atoms with Crippen molar-refractivity contribution in [3.05, 3.63) is 35.9 Å². The van der Waals surface area contributed by atoms with Gasteiger partial charge >= 0.3 is 0 Å². The standard InChI is InChI=1S/C15H20N2OS/c1-15(2,3)19(18)17-14(13-9-12(13)10-16)11-7-5-4-6-8-11/h4-8,12-14,17H,9H2,1-3H3/t12-,13+,14?,19?/m0/s1. The van der Waals surface area contributed by atoms with Crippen molar-refractivity contribution in [3.63, 3.8) is 0 Å². The molecule has 0 heterocycles. The topological polar surface area (TPSA) is 58.9 Å². The van der Waals surface area contributed by atoms with E-state index < -0.39 is 11.4 Å². The Morgan fingerprint density at radius 1 is 1.37 bits per heavy atom. The molecule has 1 aromatic carbocycles. The molecule has 1 aromatic rings. The quantitative estimate of drug-likeness (QED) is 0.860.